The Morgan fingerprint density at radius 3 is 2.57 bits per heavy atom. The van der Waals surface area contributed by atoms with Gasteiger partial charge in [-0.05, 0) is 32.0 Å². The molecule has 5 heteroatoms. The molecule has 0 bridgehead atoms. The highest BCUT2D eigenvalue weighted by atomic mass is 35.5. The van der Waals surface area contributed by atoms with Gasteiger partial charge in [-0.25, -0.2) is 0 Å². The third-order valence-corrected chi connectivity index (χ3v) is 4.05. The largest absolute Gasteiger partial charge is 0.398 e. The maximum Gasteiger partial charge on any atom is 0.0863 e. The van der Waals surface area contributed by atoms with Gasteiger partial charge in [-0.2, -0.15) is 5.10 Å². The molecule has 0 aliphatic rings. The van der Waals surface area contributed by atoms with Crippen LogP contribution in [0, 0.1) is 0 Å². The molecule has 2 rings (SSSR count). The molecule has 0 saturated heterocycles. The van der Waals surface area contributed by atoms with Crippen LogP contribution in [0.5, 0.6) is 0 Å². The highest BCUT2D eigenvalue weighted by molar-refractivity contribution is 6.31. The maximum atomic E-state index is 6.45. The van der Waals surface area contributed by atoms with Crippen LogP contribution in [0.25, 0.3) is 0 Å². The van der Waals surface area contributed by atoms with Gasteiger partial charge in [0, 0.05) is 25.3 Å². The Hall–Kier alpha value is -1.52. The zero-order valence-electron chi connectivity index (χ0n) is 12.9. The van der Waals surface area contributed by atoms with E-state index in [0.717, 1.165) is 53.7 Å². The van der Waals surface area contributed by atoms with Gasteiger partial charge in [0.05, 0.1) is 16.4 Å². The maximum absolute atomic E-state index is 6.45. The molecule has 0 aliphatic heterocycles. The van der Waals surface area contributed by atoms with Gasteiger partial charge >= 0.3 is 0 Å². The number of halogens is 1. The minimum absolute atomic E-state index is 0.758. The van der Waals surface area contributed by atoms with Gasteiger partial charge in [0.2, 0.25) is 0 Å². The van der Waals surface area contributed by atoms with Crippen LogP contribution >= 0.6 is 11.6 Å². The fourth-order valence-corrected chi connectivity index (χ4v) is 2.78. The summed E-state index contributed by atoms with van der Waals surface area (Å²) >= 11 is 6.45. The van der Waals surface area contributed by atoms with Crippen molar-refractivity contribution in [1.29, 1.82) is 0 Å². The highest BCUT2D eigenvalue weighted by Crippen LogP contribution is 2.23. The van der Waals surface area contributed by atoms with Gasteiger partial charge in [0.15, 0.2) is 0 Å². The molecule has 0 radical (unpaired) electrons. The predicted molar refractivity (Wildman–Crippen MR) is 88.3 cm³/mol. The number of aromatic nitrogens is 2. The van der Waals surface area contributed by atoms with E-state index in [-0.39, 0.29) is 0 Å². The van der Waals surface area contributed by atoms with Crippen LogP contribution in [0.3, 0.4) is 0 Å². The molecule has 0 spiro atoms. The Kier molecular flexibility index (Phi) is 5.26. The van der Waals surface area contributed by atoms with E-state index in [2.05, 4.69) is 37.0 Å². The normalized spacial score (nSPS) is 11.3. The standard InChI is InChI=1S/C16H23ClN4/c1-4-14-16(17)15(21(5-2)19-14)11-20(3)10-12-8-6-7-9-13(12)18/h6-9H,4-5,10-11,18H2,1-3H3. The van der Waals surface area contributed by atoms with Crippen molar-refractivity contribution >= 4 is 17.3 Å². The molecule has 0 aliphatic carbocycles. The minimum atomic E-state index is 0.758. The lowest BCUT2D eigenvalue weighted by molar-refractivity contribution is 0.308. The average molecular weight is 307 g/mol. The monoisotopic (exact) mass is 306 g/mol. The Bertz CT molecular complexity index is 606. The average Bonchev–Trinajstić information content (AvgIpc) is 2.77. The molecule has 1 aromatic heterocycles. The van der Waals surface area contributed by atoms with Crippen molar-refractivity contribution in [2.45, 2.75) is 39.9 Å². The summed E-state index contributed by atoms with van der Waals surface area (Å²) in [4.78, 5) is 2.21. The number of hydrogen-bond acceptors (Lipinski definition) is 3. The number of aryl methyl sites for hydroxylation is 2. The summed E-state index contributed by atoms with van der Waals surface area (Å²) in [5.41, 5.74) is 10.0. The molecule has 0 saturated carbocycles. The van der Waals surface area contributed by atoms with Crippen molar-refractivity contribution in [1.82, 2.24) is 14.7 Å². The fourth-order valence-electron chi connectivity index (χ4n) is 2.45. The number of rotatable bonds is 6. The molecule has 1 aromatic carbocycles. The lowest BCUT2D eigenvalue weighted by atomic mass is 10.1. The summed E-state index contributed by atoms with van der Waals surface area (Å²) < 4.78 is 1.99. The van der Waals surface area contributed by atoms with E-state index in [4.69, 9.17) is 17.3 Å². The predicted octanol–water partition coefficient (Wildman–Crippen LogP) is 3.33. The van der Waals surface area contributed by atoms with E-state index in [1.54, 1.807) is 0 Å². The lowest BCUT2D eigenvalue weighted by Crippen LogP contribution is -2.20. The number of nitrogen functional groups attached to an aromatic ring is 1. The van der Waals surface area contributed by atoms with E-state index in [1.165, 1.54) is 0 Å². The molecule has 0 unspecified atom stereocenters. The smallest absolute Gasteiger partial charge is 0.0863 e. The van der Waals surface area contributed by atoms with E-state index < -0.39 is 0 Å². The van der Waals surface area contributed by atoms with Crippen molar-refractivity contribution in [2.24, 2.45) is 0 Å². The topological polar surface area (TPSA) is 47.1 Å². The van der Waals surface area contributed by atoms with Gasteiger partial charge in [-0.3, -0.25) is 9.58 Å². The zero-order chi connectivity index (χ0) is 15.4. The number of hydrogen-bond donors (Lipinski definition) is 1. The van der Waals surface area contributed by atoms with Gasteiger partial charge in [0.25, 0.3) is 0 Å². The van der Waals surface area contributed by atoms with E-state index in [9.17, 15) is 0 Å². The van der Waals surface area contributed by atoms with Crippen LogP contribution in [0.2, 0.25) is 5.02 Å². The van der Waals surface area contributed by atoms with E-state index in [1.807, 2.05) is 22.9 Å². The highest BCUT2D eigenvalue weighted by Gasteiger charge is 2.16. The molecule has 4 nitrogen and oxygen atoms in total. The molecule has 114 valence electrons. The Balaban J connectivity index is 2.14. The number of anilines is 1. The molecular formula is C16H23ClN4. The number of para-hydroxylation sites is 1. The second-order valence-electron chi connectivity index (χ2n) is 5.25. The zero-order valence-corrected chi connectivity index (χ0v) is 13.7. The summed E-state index contributed by atoms with van der Waals surface area (Å²) in [6, 6.07) is 7.96. The molecule has 0 amide bonds. The molecule has 2 N–H and O–H groups in total. The van der Waals surface area contributed by atoms with Crippen LogP contribution in [-0.2, 0) is 26.1 Å². The molecule has 0 fully saturated rings. The van der Waals surface area contributed by atoms with Crippen molar-refractivity contribution in [2.75, 3.05) is 12.8 Å². The van der Waals surface area contributed by atoms with Crippen molar-refractivity contribution in [3.05, 3.63) is 46.2 Å². The van der Waals surface area contributed by atoms with Crippen LogP contribution in [-0.4, -0.2) is 21.7 Å². The summed E-state index contributed by atoms with van der Waals surface area (Å²) in [6.07, 6.45) is 0.855. The van der Waals surface area contributed by atoms with Crippen molar-refractivity contribution in [3.8, 4) is 0 Å². The quantitative estimate of drug-likeness (QED) is 0.833. The molecule has 1 heterocycles. The third-order valence-electron chi connectivity index (χ3n) is 3.61. The fraction of sp³-hybridized carbons (Fsp3) is 0.438. The molecule has 21 heavy (non-hydrogen) atoms. The SMILES string of the molecule is CCc1nn(CC)c(CN(C)Cc2ccccc2N)c1Cl. The summed E-state index contributed by atoms with van der Waals surface area (Å²) in [5.74, 6) is 0. The van der Waals surface area contributed by atoms with Crippen molar-refractivity contribution < 1.29 is 0 Å². The van der Waals surface area contributed by atoms with Crippen LogP contribution in [0.1, 0.15) is 30.8 Å². The summed E-state index contributed by atoms with van der Waals surface area (Å²) in [7, 11) is 2.07. The Labute approximate surface area is 131 Å². The van der Waals surface area contributed by atoms with Crippen LogP contribution in [0.15, 0.2) is 24.3 Å². The minimum Gasteiger partial charge on any atom is -0.398 e. The van der Waals surface area contributed by atoms with Crippen LogP contribution in [0.4, 0.5) is 5.69 Å². The Morgan fingerprint density at radius 2 is 1.95 bits per heavy atom. The first-order valence-electron chi connectivity index (χ1n) is 7.32. The summed E-state index contributed by atoms with van der Waals surface area (Å²) in [6.45, 7) is 6.54. The van der Waals surface area contributed by atoms with Crippen LogP contribution < -0.4 is 5.73 Å². The van der Waals surface area contributed by atoms with Gasteiger partial charge < -0.3 is 5.73 Å². The van der Waals surface area contributed by atoms with E-state index >= 15 is 0 Å². The number of benzene rings is 1. The van der Waals surface area contributed by atoms with Gasteiger partial charge in [0.1, 0.15) is 0 Å². The van der Waals surface area contributed by atoms with Crippen molar-refractivity contribution in [3.63, 3.8) is 0 Å². The first kappa shape index (κ1) is 15.9. The first-order valence-corrected chi connectivity index (χ1v) is 7.70. The third kappa shape index (κ3) is 3.57. The van der Waals surface area contributed by atoms with Gasteiger partial charge in [-0.1, -0.05) is 36.7 Å². The second kappa shape index (κ2) is 6.96. The first-order chi connectivity index (χ1) is 10.1. The molecule has 2 aromatic rings. The number of nitrogens with two attached hydrogens (primary N) is 1. The number of nitrogens with zero attached hydrogens (tertiary/aromatic N) is 3. The molecular weight excluding hydrogens is 284 g/mol. The Morgan fingerprint density at radius 1 is 1.24 bits per heavy atom. The van der Waals surface area contributed by atoms with Gasteiger partial charge in [-0.15, -0.1) is 0 Å². The second-order valence-corrected chi connectivity index (χ2v) is 5.63. The lowest BCUT2D eigenvalue weighted by Gasteiger charge is -2.18. The van der Waals surface area contributed by atoms with E-state index in [0.29, 0.717) is 0 Å². The summed E-state index contributed by atoms with van der Waals surface area (Å²) in [5, 5.41) is 5.36. The molecule has 0 atom stereocenters.